The molecule has 130 valence electrons. The molecule has 0 spiro atoms. The Morgan fingerprint density at radius 2 is 2.13 bits per heavy atom. The molecule has 0 aromatic carbocycles. The topological polar surface area (TPSA) is 80.8 Å². The molecule has 0 radical (unpaired) electrons. The van der Waals surface area contributed by atoms with Crippen molar-refractivity contribution >= 4 is 42.8 Å². The molecular weight excluding hydrogens is 382 g/mol. The summed E-state index contributed by atoms with van der Waals surface area (Å²) < 4.78 is 56.9. The number of rotatable bonds is 5. The first-order valence-corrected chi connectivity index (χ1v) is 11.8. The Labute approximate surface area is 145 Å². The van der Waals surface area contributed by atoms with Crippen molar-refractivity contribution in [3.05, 3.63) is 16.5 Å². The summed E-state index contributed by atoms with van der Waals surface area (Å²) in [5.41, 5.74) is 0. The van der Waals surface area contributed by atoms with Crippen LogP contribution in [0.5, 0.6) is 0 Å². The minimum Gasteiger partial charge on any atom is -0.377 e. The molecule has 0 bridgehead atoms. The van der Waals surface area contributed by atoms with Crippen LogP contribution in [0.2, 0.25) is 4.34 Å². The van der Waals surface area contributed by atoms with Gasteiger partial charge in [0.15, 0.2) is 9.84 Å². The maximum absolute atomic E-state index is 13.0. The summed E-state index contributed by atoms with van der Waals surface area (Å²) in [6.45, 7) is 0.810. The average molecular weight is 400 g/mol. The van der Waals surface area contributed by atoms with E-state index in [1.165, 1.54) is 16.4 Å². The van der Waals surface area contributed by atoms with E-state index in [0.717, 1.165) is 24.2 Å². The summed E-state index contributed by atoms with van der Waals surface area (Å²) in [6, 6.07) is 2.47. The van der Waals surface area contributed by atoms with Gasteiger partial charge in [0.2, 0.25) is 0 Å². The quantitative estimate of drug-likeness (QED) is 0.753. The predicted octanol–water partition coefficient (Wildman–Crippen LogP) is 1.76. The standard InChI is InChI=1S/C13H18ClNO5S3/c14-12-3-4-13(21-12)23(18,19)15(8-11-2-1-6-20-11)10-5-7-22(16,17)9-10/h3-4,10-11H,1-2,5-9H2/t10-,11+/m1/s1. The van der Waals surface area contributed by atoms with Crippen LogP contribution in [0.15, 0.2) is 16.3 Å². The third-order valence-electron chi connectivity index (χ3n) is 4.13. The Balaban J connectivity index is 1.90. The molecule has 1 aromatic heterocycles. The van der Waals surface area contributed by atoms with Gasteiger partial charge in [-0.1, -0.05) is 11.6 Å². The third kappa shape index (κ3) is 3.91. The molecule has 3 heterocycles. The smallest absolute Gasteiger partial charge is 0.252 e. The second kappa shape index (κ2) is 6.61. The molecule has 2 atom stereocenters. The van der Waals surface area contributed by atoms with Crippen LogP contribution < -0.4 is 0 Å². The molecule has 0 saturated carbocycles. The van der Waals surface area contributed by atoms with Gasteiger partial charge in [-0.05, 0) is 31.4 Å². The van der Waals surface area contributed by atoms with E-state index < -0.39 is 25.9 Å². The number of thiophene rings is 1. The van der Waals surface area contributed by atoms with Crippen molar-refractivity contribution in [2.24, 2.45) is 0 Å². The van der Waals surface area contributed by atoms with Gasteiger partial charge in [0.1, 0.15) is 4.21 Å². The lowest BCUT2D eigenvalue weighted by molar-refractivity contribution is 0.0877. The van der Waals surface area contributed by atoms with E-state index in [-0.39, 0.29) is 28.4 Å². The summed E-state index contributed by atoms with van der Waals surface area (Å²) in [4.78, 5) is 0. The molecule has 0 unspecified atom stereocenters. The van der Waals surface area contributed by atoms with Crippen LogP contribution in [0, 0.1) is 0 Å². The van der Waals surface area contributed by atoms with Gasteiger partial charge in [0.25, 0.3) is 10.0 Å². The number of nitrogens with zero attached hydrogens (tertiary/aromatic N) is 1. The Morgan fingerprint density at radius 3 is 2.65 bits per heavy atom. The van der Waals surface area contributed by atoms with E-state index in [1.54, 1.807) is 0 Å². The van der Waals surface area contributed by atoms with Crippen LogP contribution in [-0.4, -0.2) is 57.9 Å². The number of sulfonamides is 1. The normalized spacial score (nSPS) is 27.7. The largest absolute Gasteiger partial charge is 0.377 e. The summed E-state index contributed by atoms with van der Waals surface area (Å²) >= 11 is 6.85. The van der Waals surface area contributed by atoms with Crippen molar-refractivity contribution in [2.45, 2.75) is 35.6 Å². The lowest BCUT2D eigenvalue weighted by Gasteiger charge is -2.28. The van der Waals surface area contributed by atoms with Crippen LogP contribution in [-0.2, 0) is 24.6 Å². The Hall–Kier alpha value is -0.190. The maximum Gasteiger partial charge on any atom is 0.252 e. The number of halogens is 1. The van der Waals surface area contributed by atoms with Crippen LogP contribution in [0.4, 0.5) is 0 Å². The maximum atomic E-state index is 13.0. The molecule has 2 aliphatic heterocycles. The first kappa shape index (κ1) is 17.6. The minimum atomic E-state index is -3.78. The van der Waals surface area contributed by atoms with E-state index in [9.17, 15) is 16.8 Å². The Kier molecular flexibility index (Phi) is 5.06. The highest BCUT2D eigenvalue weighted by Gasteiger charge is 2.40. The third-order valence-corrected chi connectivity index (χ3v) is 9.50. The molecule has 10 heteroatoms. The monoisotopic (exact) mass is 399 g/mol. The molecule has 2 saturated heterocycles. The van der Waals surface area contributed by atoms with Gasteiger partial charge in [-0.15, -0.1) is 11.3 Å². The van der Waals surface area contributed by atoms with E-state index >= 15 is 0 Å². The lowest BCUT2D eigenvalue weighted by Crippen LogP contribution is -2.44. The lowest BCUT2D eigenvalue weighted by atomic mass is 10.2. The molecule has 6 nitrogen and oxygen atoms in total. The van der Waals surface area contributed by atoms with Gasteiger partial charge in [-0.2, -0.15) is 4.31 Å². The van der Waals surface area contributed by atoms with Gasteiger partial charge >= 0.3 is 0 Å². The van der Waals surface area contributed by atoms with Crippen LogP contribution in [0.25, 0.3) is 0 Å². The van der Waals surface area contributed by atoms with Crippen LogP contribution in [0.1, 0.15) is 19.3 Å². The van der Waals surface area contributed by atoms with Crippen LogP contribution >= 0.6 is 22.9 Å². The molecule has 1 aromatic rings. The van der Waals surface area contributed by atoms with Crippen molar-refractivity contribution in [2.75, 3.05) is 24.7 Å². The number of hydrogen-bond acceptors (Lipinski definition) is 6. The molecule has 2 aliphatic rings. The second-order valence-electron chi connectivity index (χ2n) is 5.83. The zero-order chi connectivity index (χ0) is 16.7. The van der Waals surface area contributed by atoms with Gasteiger partial charge in [-0.3, -0.25) is 0 Å². The molecule has 2 fully saturated rings. The zero-order valence-electron chi connectivity index (χ0n) is 12.4. The molecule has 0 aliphatic carbocycles. The van der Waals surface area contributed by atoms with Crippen molar-refractivity contribution in [3.63, 3.8) is 0 Å². The van der Waals surface area contributed by atoms with E-state index in [4.69, 9.17) is 16.3 Å². The molecule has 3 rings (SSSR count). The van der Waals surface area contributed by atoms with Crippen molar-refractivity contribution in [3.8, 4) is 0 Å². The fourth-order valence-electron chi connectivity index (χ4n) is 2.99. The summed E-state index contributed by atoms with van der Waals surface area (Å²) in [5, 5.41) is 0. The van der Waals surface area contributed by atoms with Gasteiger partial charge < -0.3 is 4.74 Å². The summed E-state index contributed by atoms with van der Waals surface area (Å²) in [6.07, 6.45) is 1.83. The minimum absolute atomic E-state index is 0.0282. The van der Waals surface area contributed by atoms with Gasteiger partial charge in [0, 0.05) is 19.2 Å². The predicted molar refractivity (Wildman–Crippen MR) is 89.3 cm³/mol. The number of hydrogen-bond donors (Lipinski definition) is 0. The molecule has 0 amide bonds. The fraction of sp³-hybridized carbons (Fsp3) is 0.692. The number of sulfone groups is 1. The van der Waals surface area contributed by atoms with Gasteiger partial charge in [0.05, 0.1) is 21.9 Å². The van der Waals surface area contributed by atoms with Gasteiger partial charge in [-0.25, -0.2) is 16.8 Å². The zero-order valence-corrected chi connectivity index (χ0v) is 15.6. The van der Waals surface area contributed by atoms with E-state index in [1.807, 2.05) is 0 Å². The highest BCUT2D eigenvalue weighted by atomic mass is 35.5. The second-order valence-corrected chi connectivity index (χ2v) is 11.9. The Bertz CT molecular complexity index is 767. The highest BCUT2D eigenvalue weighted by molar-refractivity contribution is 7.92. The SMILES string of the molecule is O=S1(=O)CC[C@@H](N(C[C@@H]2CCCO2)S(=O)(=O)c2ccc(Cl)s2)C1. The van der Waals surface area contributed by atoms with E-state index in [2.05, 4.69) is 0 Å². The molecule has 23 heavy (non-hydrogen) atoms. The summed E-state index contributed by atoms with van der Waals surface area (Å²) in [5.74, 6) is -0.0987. The van der Waals surface area contributed by atoms with Crippen LogP contribution in [0.3, 0.4) is 0 Å². The first-order chi connectivity index (χ1) is 10.8. The average Bonchev–Trinajstić information content (AvgIpc) is 3.17. The molecule has 0 N–H and O–H groups in total. The van der Waals surface area contributed by atoms with Crippen molar-refractivity contribution < 1.29 is 21.6 Å². The Morgan fingerprint density at radius 1 is 1.35 bits per heavy atom. The molecular formula is C13H18ClNO5S3. The fourth-order valence-corrected chi connectivity index (χ4v) is 8.11. The van der Waals surface area contributed by atoms with E-state index in [0.29, 0.717) is 17.4 Å². The number of ether oxygens (including phenoxy) is 1. The summed E-state index contributed by atoms with van der Waals surface area (Å²) in [7, 11) is -6.96. The highest BCUT2D eigenvalue weighted by Crippen LogP contribution is 2.32. The van der Waals surface area contributed by atoms with Crippen molar-refractivity contribution in [1.29, 1.82) is 0 Å². The van der Waals surface area contributed by atoms with Crippen molar-refractivity contribution in [1.82, 2.24) is 4.31 Å². The first-order valence-electron chi connectivity index (χ1n) is 7.37.